The number of rotatable bonds is 4. The van der Waals surface area contributed by atoms with Gasteiger partial charge in [0, 0.05) is 6.54 Å². The molecule has 0 unspecified atom stereocenters. The zero-order chi connectivity index (χ0) is 8.20. The van der Waals surface area contributed by atoms with Crippen LogP contribution in [-0.2, 0) is 10.3 Å². The molecule has 0 bridgehead atoms. The second-order valence-corrected chi connectivity index (χ2v) is 3.73. The van der Waals surface area contributed by atoms with Gasteiger partial charge in [0.05, 0.1) is 0 Å². The van der Waals surface area contributed by atoms with E-state index in [1.54, 1.807) is 0 Å². The van der Waals surface area contributed by atoms with E-state index < -0.39 is 10.3 Å². The van der Waals surface area contributed by atoms with E-state index in [2.05, 4.69) is 0 Å². The van der Waals surface area contributed by atoms with Crippen LogP contribution in [0, 0.1) is 5.92 Å². The minimum absolute atomic E-state index is 0. The van der Waals surface area contributed by atoms with E-state index in [0.29, 0.717) is 12.3 Å². The molecule has 0 aliphatic carbocycles. The Morgan fingerprint density at radius 3 is 2.18 bits per heavy atom. The summed E-state index contributed by atoms with van der Waals surface area (Å²) in [5.41, 5.74) is 0. The van der Waals surface area contributed by atoms with Gasteiger partial charge in [-0.25, -0.2) is 13.1 Å². The topological polar surface area (TPSA) is 69.2 Å². The van der Waals surface area contributed by atoms with Crippen LogP contribution >= 0.6 is 0 Å². The minimum atomic E-state index is -4.22. The van der Waals surface area contributed by atoms with Crippen molar-refractivity contribution in [3.8, 4) is 0 Å². The molecule has 0 spiro atoms. The molecule has 0 aliphatic heterocycles. The van der Waals surface area contributed by atoms with Crippen LogP contribution in [0.5, 0.6) is 0 Å². The van der Waals surface area contributed by atoms with Crippen LogP contribution < -0.4 is 34.3 Å². The molecule has 0 aromatic carbocycles. The van der Waals surface area contributed by atoms with Crippen molar-refractivity contribution in [3.05, 3.63) is 0 Å². The summed E-state index contributed by atoms with van der Waals surface area (Å²) in [6, 6.07) is 0. The molecule has 62 valence electrons. The van der Waals surface area contributed by atoms with Gasteiger partial charge in [0.15, 0.2) is 10.3 Å². The average Bonchev–Trinajstić information content (AvgIpc) is 1.59. The van der Waals surface area contributed by atoms with Gasteiger partial charge < -0.3 is 4.55 Å². The molecule has 0 atom stereocenters. The third-order valence-corrected chi connectivity index (χ3v) is 1.56. The molecule has 1 N–H and O–H groups in total. The summed E-state index contributed by atoms with van der Waals surface area (Å²) in [4.78, 5) is 0. The first-order valence-corrected chi connectivity index (χ1v) is 4.53. The third kappa shape index (κ3) is 13.8. The molecule has 0 heterocycles. The van der Waals surface area contributed by atoms with Crippen molar-refractivity contribution in [2.75, 3.05) is 6.54 Å². The normalized spacial score (nSPS) is 11.3. The monoisotopic (exact) mass is 189 g/mol. The number of hydrogen-bond acceptors (Lipinski definition) is 3. The third-order valence-electron chi connectivity index (χ3n) is 1.00. The Bertz CT molecular complexity index is 178. The van der Waals surface area contributed by atoms with Crippen molar-refractivity contribution in [2.24, 2.45) is 5.92 Å². The van der Waals surface area contributed by atoms with Crippen LogP contribution in [0.4, 0.5) is 0 Å². The Labute approximate surface area is 89.9 Å². The Morgan fingerprint density at radius 1 is 1.45 bits per heavy atom. The van der Waals surface area contributed by atoms with E-state index >= 15 is 0 Å². The van der Waals surface area contributed by atoms with Crippen LogP contribution in [0.15, 0.2) is 0 Å². The fraction of sp³-hybridized carbons (Fsp3) is 1.00. The zero-order valence-electron chi connectivity index (χ0n) is 7.12. The molecule has 4 nitrogen and oxygen atoms in total. The van der Waals surface area contributed by atoms with E-state index in [-0.39, 0.29) is 36.1 Å². The van der Waals surface area contributed by atoms with Gasteiger partial charge in [-0.3, -0.25) is 0 Å². The van der Waals surface area contributed by atoms with E-state index in [1.165, 1.54) is 0 Å². The van der Waals surface area contributed by atoms with E-state index in [4.69, 9.17) is 0 Å². The summed E-state index contributed by atoms with van der Waals surface area (Å²) >= 11 is 0. The van der Waals surface area contributed by atoms with Gasteiger partial charge in [0.25, 0.3) is 0 Å². The first-order valence-electron chi connectivity index (χ1n) is 3.12. The maximum absolute atomic E-state index is 9.95. The predicted molar refractivity (Wildman–Crippen MR) is 37.2 cm³/mol. The molecule has 0 aromatic rings. The number of nitrogens with one attached hydrogen (secondary N) is 1. The van der Waals surface area contributed by atoms with Crippen LogP contribution in [0.2, 0.25) is 0 Å². The summed E-state index contributed by atoms with van der Waals surface area (Å²) in [5, 5.41) is 0. The Morgan fingerprint density at radius 2 is 1.91 bits per heavy atom. The van der Waals surface area contributed by atoms with E-state index in [0.717, 1.165) is 0 Å². The molecular formula is C5H12NNaO3S. The van der Waals surface area contributed by atoms with Crippen LogP contribution in [-0.4, -0.2) is 19.5 Å². The van der Waals surface area contributed by atoms with Gasteiger partial charge in [-0.1, -0.05) is 13.8 Å². The second kappa shape index (κ2) is 6.39. The van der Waals surface area contributed by atoms with Crippen molar-refractivity contribution in [3.63, 3.8) is 0 Å². The summed E-state index contributed by atoms with van der Waals surface area (Å²) < 4.78 is 31.7. The maximum atomic E-state index is 9.95. The van der Waals surface area contributed by atoms with E-state index in [9.17, 15) is 13.0 Å². The van der Waals surface area contributed by atoms with Crippen molar-refractivity contribution < 1.29 is 42.5 Å². The fourth-order valence-electron chi connectivity index (χ4n) is 0.473. The van der Waals surface area contributed by atoms with Crippen molar-refractivity contribution in [1.82, 2.24) is 4.72 Å². The largest absolute Gasteiger partial charge is 1.00 e. The van der Waals surface area contributed by atoms with Crippen molar-refractivity contribution in [2.45, 2.75) is 20.3 Å². The van der Waals surface area contributed by atoms with Gasteiger partial charge in [-0.2, -0.15) is 0 Å². The molecule has 0 saturated heterocycles. The predicted octanol–water partition coefficient (Wildman–Crippen LogP) is -2.91. The van der Waals surface area contributed by atoms with Gasteiger partial charge in [0.2, 0.25) is 0 Å². The standard InChI is InChI=1S/C5H13NO3S.Na/c1-5(2)3-4-6-10(7,8)9;/h5-6H,3-4H2,1-2H3,(H,7,8,9);/q;+1/p-1. The molecule has 0 rings (SSSR count). The minimum Gasteiger partial charge on any atom is -0.735 e. The summed E-state index contributed by atoms with van der Waals surface area (Å²) in [6.45, 7) is 4.15. The van der Waals surface area contributed by atoms with Crippen LogP contribution in [0.3, 0.4) is 0 Å². The Kier molecular flexibility index (Phi) is 8.37. The van der Waals surface area contributed by atoms with Crippen LogP contribution in [0.25, 0.3) is 0 Å². The summed E-state index contributed by atoms with van der Waals surface area (Å²) in [5.74, 6) is 0.411. The molecular weight excluding hydrogens is 177 g/mol. The fourth-order valence-corrected chi connectivity index (χ4v) is 0.840. The van der Waals surface area contributed by atoms with Crippen molar-refractivity contribution >= 4 is 10.3 Å². The first-order chi connectivity index (χ1) is 4.42. The van der Waals surface area contributed by atoms with Gasteiger partial charge in [0.1, 0.15) is 0 Å². The smallest absolute Gasteiger partial charge is 0.735 e. The number of hydrogen-bond donors (Lipinski definition) is 1. The molecule has 0 aliphatic rings. The molecule has 0 fully saturated rings. The van der Waals surface area contributed by atoms with Gasteiger partial charge >= 0.3 is 29.6 Å². The molecule has 0 radical (unpaired) electrons. The van der Waals surface area contributed by atoms with Gasteiger partial charge in [-0.15, -0.1) is 0 Å². The van der Waals surface area contributed by atoms with Crippen LogP contribution in [0.1, 0.15) is 20.3 Å². The van der Waals surface area contributed by atoms with E-state index in [1.807, 2.05) is 18.6 Å². The second-order valence-electron chi connectivity index (χ2n) is 2.53. The Hall–Kier alpha value is 0.870. The summed E-state index contributed by atoms with van der Waals surface area (Å²) in [7, 11) is -4.22. The van der Waals surface area contributed by atoms with Crippen molar-refractivity contribution in [1.29, 1.82) is 0 Å². The molecule has 0 amide bonds. The zero-order valence-corrected chi connectivity index (χ0v) is 9.94. The van der Waals surface area contributed by atoms with Gasteiger partial charge in [-0.05, 0) is 12.3 Å². The maximum Gasteiger partial charge on any atom is 1.00 e. The molecule has 0 saturated carbocycles. The molecule has 6 heteroatoms. The SMILES string of the molecule is CC(C)CCNS(=O)(=O)[O-].[Na+]. The summed E-state index contributed by atoms with van der Waals surface area (Å²) in [6.07, 6.45) is 0.696. The average molecular weight is 189 g/mol. The molecule has 11 heavy (non-hydrogen) atoms. The first kappa shape index (κ1) is 14.4. The molecule has 0 aromatic heterocycles. The Balaban J connectivity index is 0. The quantitative estimate of drug-likeness (QED) is 0.380.